The van der Waals surface area contributed by atoms with Gasteiger partial charge in [0.05, 0.1) is 11.6 Å². The van der Waals surface area contributed by atoms with Crippen LogP contribution in [-0.2, 0) is 4.74 Å². The lowest BCUT2D eigenvalue weighted by molar-refractivity contribution is -0.195. The summed E-state index contributed by atoms with van der Waals surface area (Å²) in [6.07, 6.45) is 5.25. The van der Waals surface area contributed by atoms with E-state index in [-0.39, 0.29) is 17.2 Å². The smallest absolute Gasteiger partial charge is 0.381 e. The van der Waals surface area contributed by atoms with E-state index in [1.807, 2.05) is 10.7 Å². The maximum Gasteiger partial charge on any atom is 0.408 e. The normalized spacial score (nSPS) is 23.6. The average molecular weight is 528 g/mol. The number of halogens is 3. The lowest BCUT2D eigenvalue weighted by Gasteiger charge is -2.39. The first kappa shape index (κ1) is 25.2. The van der Waals surface area contributed by atoms with Crippen LogP contribution in [0.4, 0.5) is 24.7 Å². The van der Waals surface area contributed by atoms with Crippen LogP contribution in [0.1, 0.15) is 56.2 Å². The zero-order chi connectivity index (χ0) is 26.3. The SMILES string of the molecule is O=c1[nH]ccc2c1c(Nc1ccc(C(N3CCC3)C(F)(F)F)cc1)nn2C1CCOCCC(C2=CC2)CC1. The molecule has 1 aliphatic carbocycles. The van der Waals surface area contributed by atoms with Crippen LogP contribution in [0, 0.1) is 5.92 Å². The Morgan fingerprint density at radius 1 is 1.05 bits per heavy atom. The van der Waals surface area contributed by atoms with Crippen molar-refractivity contribution >= 4 is 22.4 Å². The molecule has 0 bridgehead atoms. The largest absolute Gasteiger partial charge is 0.408 e. The van der Waals surface area contributed by atoms with Crippen molar-refractivity contribution in [1.29, 1.82) is 0 Å². The minimum absolute atomic E-state index is 0.0706. The minimum atomic E-state index is -4.34. The van der Waals surface area contributed by atoms with Gasteiger partial charge in [-0.25, -0.2) is 0 Å². The molecule has 10 heteroatoms. The van der Waals surface area contributed by atoms with Crippen LogP contribution in [0.15, 0.2) is 53.0 Å². The molecule has 0 saturated carbocycles. The van der Waals surface area contributed by atoms with Crippen molar-refractivity contribution in [1.82, 2.24) is 19.7 Å². The Labute approximate surface area is 218 Å². The monoisotopic (exact) mass is 527 g/mol. The number of allylic oxidation sites excluding steroid dienone is 2. The maximum atomic E-state index is 13.8. The van der Waals surface area contributed by atoms with Gasteiger partial charge in [-0.3, -0.25) is 14.4 Å². The molecule has 3 aliphatic rings. The number of ether oxygens (including phenoxy) is 1. The first-order valence-electron chi connectivity index (χ1n) is 13.4. The summed E-state index contributed by atoms with van der Waals surface area (Å²) in [6.45, 7) is 2.27. The highest BCUT2D eigenvalue weighted by Crippen LogP contribution is 2.41. The average Bonchev–Trinajstić information content (AvgIpc) is 3.61. The lowest BCUT2D eigenvalue weighted by Crippen LogP contribution is -2.46. The van der Waals surface area contributed by atoms with E-state index in [0.29, 0.717) is 42.5 Å². The van der Waals surface area contributed by atoms with Gasteiger partial charge in [-0.1, -0.05) is 23.8 Å². The van der Waals surface area contributed by atoms with Gasteiger partial charge in [-0.05, 0) is 68.2 Å². The number of hydrogen-bond acceptors (Lipinski definition) is 5. The Balaban J connectivity index is 1.28. The topological polar surface area (TPSA) is 75.2 Å². The van der Waals surface area contributed by atoms with Gasteiger partial charge >= 0.3 is 6.18 Å². The van der Waals surface area contributed by atoms with Crippen LogP contribution in [-0.4, -0.2) is 52.1 Å². The van der Waals surface area contributed by atoms with Gasteiger partial charge in [0.2, 0.25) is 0 Å². The molecule has 38 heavy (non-hydrogen) atoms. The summed E-state index contributed by atoms with van der Waals surface area (Å²) in [7, 11) is 0. The molecule has 0 amide bonds. The third kappa shape index (κ3) is 5.11. The number of nitrogens with zero attached hydrogens (tertiary/aromatic N) is 3. The first-order valence-corrected chi connectivity index (χ1v) is 13.4. The number of likely N-dealkylation sites (tertiary alicyclic amines) is 1. The Hall–Kier alpha value is -3.11. The fourth-order valence-corrected chi connectivity index (χ4v) is 5.79. The number of H-pyrrole nitrogens is 1. The fraction of sp³-hybridized carbons (Fsp3) is 0.500. The number of nitrogens with one attached hydrogen (secondary N) is 2. The highest BCUT2D eigenvalue weighted by atomic mass is 19.4. The molecule has 202 valence electrons. The number of fused-ring (bicyclic) bond motifs is 1. The highest BCUT2D eigenvalue weighted by Gasteiger charge is 2.46. The van der Waals surface area contributed by atoms with Crippen molar-refractivity contribution in [2.45, 2.75) is 56.8 Å². The molecule has 3 aromatic rings. The molecule has 6 rings (SSSR count). The number of hydrogen-bond donors (Lipinski definition) is 2. The summed E-state index contributed by atoms with van der Waals surface area (Å²) < 4.78 is 49.1. The Morgan fingerprint density at radius 2 is 1.82 bits per heavy atom. The van der Waals surface area contributed by atoms with Gasteiger partial charge in [0.15, 0.2) is 5.82 Å². The number of benzene rings is 1. The van der Waals surface area contributed by atoms with Crippen LogP contribution >= 0.6 is 0 Å². The van der Waals surface area contributed by atoms with E-state index < -0.39 is 12.2 Å². The Bertz CT molecular complexity index is 1370. The summed E-state index contributed by atoms with van der Waals surface area (Å²) >= 11 is 0. The molecule has 4 heterocycles. The second kappa shape index (κ2) is 10.2. The molecule has 2 fully saturated rings. The molecule has 3 unspecified atom stereocenters. The Morgan fingerprint density at radius 3 is 2.50 bits per heavy atom. The van der Waals surface area contributed by atoms with Gasteiger partial charge in [0, 0.05) is 38.2 Å². The van der Waals surface area contributed by atoms with Gasteiger partial charge in [-0.15, -0.1) is 0 Å². The molecule has 0 spiro atoms. The molecule has 0 radical (unpaired) electrons. The van der Waals surface area contributed by atoms with E-state index in [2.05, 4.69) is 16.4 Å². The van der Waals surface area contributed by atoms with Gasteiger partial charge in [0.25, 0.3) is 5.56 Å². The van der Waals surface area contributed by atoms with Crippen LogP contribution < -0.4 is 10.9 Å². The minimum Gasteiger partial charge on any atom is -0.381 e. The quantitative estimate of drug-likeness (QED) is 0.393. The van der Waals surface area contributed by atoms with Crippen molar-refractivity contribution < 1.29 is 17.9 Å². The predicted molar refractivity (Wildman–Crippen MR) is 140 cm³/mol. The molecule has 3 atom stereocenters. The lowest BCUT2D eigenvalue weighted by atomic mass is 9.94. The third-order valence-electron chi connectivity index (χ3n) is 8.05. The van der Waals surface area contributed by atoms with Crippen LogP contribution in [0.25, 0.3) is 10.9 Å². The van der Waals surface area contributed by atoms with Gasteiger partial charge in [0.1, 0.15) is 11.4 Å². The van der Waals surface area contributed by atoms with Crippen molar-refractivity contribution in [3.05, 3.63) is 64.1 Å². The van der Waals surface area contributed by atoms with Gasteiger partial charge in [-0.2, -0.15) is 18.3 Å². The summed E-state index contributed by atoms with van der Waals surface area (Å²) in [6, 6.07) is 6.58. The predicted octanol–water partition coefficient (Wildman–Crippen LogP) is 5.86. The molecule has 2 aromatic heterocycles. The van der Waals surface area contributed by atoms with Gasteiger partial charge < -0.3 is 15.0 Å². The van der Waals surface area contributed by atoms with E-state index in [1.165, 1.54) is 22.6 Å². The van der Waals surface area contributed by atoms with Crippen molar-refractivity contribution in [2.75, 3.05) is 31.6 Å². The number of anilines is 2. The zero-order valence-electron chi connectivity index (χ0n) is 21.1. The molecule has 7 nitrogen and oxygen atoms in total. The molecule has 2 N–H and O–H groups in total. The Kier molecular flexibility index (Phi) is 6.77. The summed E-state index contributed by atoms with van der Waals surface area (Å²) in [5, 5.41) is 8.47. The van der Waals surface area contributed by atoms with E-state index in [0.717, 1.165) is 50.6 Å². The molecular weight excluding hydrogens is 495 g/mol. The summed E-state index contributed by atoms with van der Waals surface area (Å²) in [5.41, 5.74) is 2.77. The fourth-order valence-electron chi connectivity index (χ4n) is 5.79. The number of alkyl halides is 3. The van der Waals surface area contributed by atoms with E-state index in [4.69, 9.17) is 9.84 Å². The van der Waals surface area contributed by atoms with Crippen molar-refractivity contribution in [2.24, 2.45) is 5.92 Å². The number of rotatable bonds is 6. The third-order valence-corrected chi connectivity index (χ3v) is 8.05. The number of aromatic nitrogens is 3. The van der Waals surface area contributed by atoms with Crippen LogP contribution in [0.3, 0.4) is 0 Å². The summed E-state index contributed by atoms with van der Waals surface area (Å²) in [4.78, 5) is 17.1. The van der Waals surface area contributed by atoms with Crippen LogP contribution in [0.2, 0.25) is 0 Å². The molecule has 2 saturated heterocycles. The van der Waals surface area contributed by atoms with E-state index in [1.54, 1.807) is 18.3 Å². The van der Waals surface area contributed by atoms with E-state index >= 15 is 0 Å². The second-order valence-corrected chi connectivity index (χ2v) is 10.5. The maximum absolute atomic E-state index is 13.8. The number of pyridine rings is 1. The van der Waals surface area contributed by atoms with Crippen molar-refractivity contribution in [3.8, 4) is 0 Å². The summed E-state index contributed by atoms with van der Waals surface area (Å²) in [5.74, 6) is 0.931. The number of aromatic amines is 1. The molecule has 1 aromatic carbocycles. The van der Waals surface area contributed by atoms with Crippen molar-refractivity contribution in [3.63, 3.8) is 0 Å². The van der Waals surface area contributed by atoms with E-state index in [9.17, 15) is 18.0 Å². The second-order valence-electron chi connectivity index (χ2n) is 10.5. The standard InChI is InChI=1S/C28H32F3N5O2/c29-28(30,31)25(35-14-1-15-35)20-4-7-21(8-5-20)33-26-24-23(10-13-32-27(24)37)36(34-26)22-9-6-19(18-2-3-18)11-16-38-17-12-22/h2,4-5,7-8,10,13,19,22,25H,1,3,6,9,11-12,14-17H2,(H,32,37)(H,33,34). The highest BCUT2D eigenvalue weighted by molar-refractivity contribution is 5.91. The molecule has 2 aliphatic heterocycles. The molecular formula is C28H32F3N5O2. The van der Waals surface area contributed by atoms with Crippen LogP contribution in [0.5, 0.6) is 0 Å². The first-order chi connectivity index (χ1) is 18.4. The zero-order valence-corrected chi connectivity index (χ0v) is 21.1.